The molecule has 6 nitrogen and oxygen atoms in total. The molecule has 0 radical (unpaired) electrons. The molecule has 3 rings (SSSR count). The molecule has 1 aromatic heterocycles. The van der Waals surface area contributed by atoms with Gasteiger partial charge in [-0.3, -0.25) is 9.52 Å². The first-order chi connectivity index (χ1) is 12.9. The van der Waals surface area contributed by atoms with Gasteiger partial charge >= 0.3 is 0 Å². The standard InChI is InChI=1S/C19H19N3O3S2/c1-13-4-3-5-16(14(13)2)12-21-18(23)15-6-8-17(9-7-15)27(24,25)22-19-20-10-11-26-19/h3-11H,12H2,1-2H3,(H,20,22)(H,21,23). The largest absolute Gasteiger partial charge is 0.348 e. The number of carbonyl (C=O) groups excluding carboxylic acids is 1. The van der Waals surface area contributed by atoms with E-state index in [-0.39, 0.29) is 10.8 Å². The van der Waals surface area contributed by atoms with Gasteiger partial charge in [-0.2, -0.15) is 0 Å². The first kappa shape index (κ1) is 19.1. The number of carbonyl (C=O) groups is 1. The van der Waals surface area contributed by atoms with Gasteiger partial charge in [0.25, 0.3) is 15.9 Å². The molecule has 0 saturated carbocycles. The lowest BCUT2D eigenvalue weighted by Gasteiger charge is -2.10. The topological polar surface area (TPSA) is 88.2 Å². The van der Waals surface area contributed by atoms with Crippen molar-refractivity contribution in [1.82, 2.24) is 10.3 Å². The number of amides is 1. The molecular formula is C19H19N3O3S2. The van der Waals surface area contributed by atoms with E-state index in [2.05, 4.69) is 15.0 Å². The van der Waals surface area contributed by atoms with Crippen molar-refractivity contribution in [3.05, 3.63) is 76.3 Å². The molecule has 27 heavy (non-hydrogen) atoms. The molecule has 2 aromatic carbocycles. The van der Waals surface area contributed by atoms with E-state index in [4.69, 9.17) is 0 Å². The maximum Gasteiger partial charge on any atom is 0.263 e. The van der Waals surface area contributed by atoms with Crippen molar-refractivity contribution in [2.75, 3.05) is 4.72 Å². The van der Waals surface area contributed by atoms with E-state index in [1.54, 1.807) is 5.38 Å². The summed E-state index contributed by atoms with van der Waals surface area (Å²) in [5.41, 5.74) is 3.76. The number of aromatic nitrogens is 1. The Morgan fingerprint density at radius 2 is 1.85 bits per heavy atom. The van der Waals surface area contributed by atoms with E-state index in [1.165, 1.54) is 47.4 Å². The van der Waals surface area contributed by atoms with Gasteiger partial charge in [0, 0.05) is 23.7 Å². The Balaban J connectivity index is 1.67. The average Bonchev–Trinajstić information content (AvgIpc) is 3.15. The third-order valence-corrected chi connectivity index (χ3v) is 6.41. The van der Waals surface area contributed by atoms with Crippen molar-refractivity contribution in [2.45, 2.75) is 25.3 Å². The molecule has 0 atom stereocenters. The Bertz CT molecular complexity index is 1040. The van der Waals surface area contributed by atoms with Crippen molar-refractivity contribution < 1.29 is 13.2 Å². The van der Waals surface area contributed by atoms with Gasteiger partial charge in [-0.15, -0.1) is 11.3 Å². The Kier molecular flexibility index (Phi) is 5.57. The number of rotatable bonds is 6. The zero-order chi connectivity index (χ0) is 19.4. The lowest BCUT2D eigenvalue weighted by molar-refractivity contribution is 0.0950. The van der Waals surface area contributed by atoms with E-state index in [0.29, 0.717) is 17.2 Å². The third-order valence-electron chi connectivity index (χ3n) is 4.24. The fourth-order valence-electron chi connectivity index (χ4n) is 2.51. The van der Waals surface area contributed by atoms with Crippen LogP contribution in [0.15, 0.2) is 58.9 Å². The van der Waals surface area contributed by atoms with E-state index in [1.807, 2.05) is 32.0 Å². The zero-order valence-electron chi connectivity index (χ0n) is 14.9. The number of nitrogens with one attached hydrogen (secondary N) is 2. The van der Waals surface area contributed by atoms with Crippen LogP contribution in [0, 0.1) is 13.8 Å². The minimum atomic E-state index is -3.73. The minimum absolute atomic E-state index is 0.0729. The molecule has 0 aliphatic carbocycles. The molecule has 0 aliphatic rings. The predicted molar refractivity (Wildman–Crippen MR) is 106 cm³/mol. The van der Waals surface area contributed by atoms with E-state index in [0.717, 1.165) is 11.1 Å². The molecule has 0 spiro atoms. The van der Waals surface area contributed by atoms with Crippen molar-refractivity contribution in [1.29, 1.82) is 0 Å². The minimum Gasteiger partial charge on any atom is -0.348 e. The smallest absolute Gasteiger partial charge is 0.263 e. The van der Waals surface area contributed by atoms with Crippen molar-refractivity contribution >= 4 is 32.4 Å². The second kappa shape index (κ2) is 7.89. The number of nitrogens with zero attached hydrogens (tertiary/aromatic N) is 1. The molecule has 2 N–H and O–H groups in total. The summed E-state index contributed by atoms with van der Waals surface area (Å²) in [7, 11) is -3.73. The van der Waals surface area contributed by atoms with Gasteiger partial charge in [-0.05, 0) is 54.8 Å². The van der Waals surface area contributed by atoms with Crippen LogP contribution in [0.4, 0.5) is 5.13 Å². The summed E-state index contributed by atoms with van der Waals surface area (Å²) in [6.45, 7) is 4.46. The van der Waals surface area contributed by atoms with Crippen LogP contribution in [0.2, 0.25) is 0 Å². The van der Waals surface area contributed by atoms with Crippen LogP contribution in [-0.2, 0) is 16.6 Å². The molecule has 0 unspecified atom stereocenters. The summed E-state index contributed by atoms with van der Waals surface area (Å²) in [5.74, 6) is -0.257. The second-order valence-electron chi connectivity index (χ2n) is 6.01. The van der Waals surface area contributed by atoms with Gasteiger partial charge < -0.3 is 5.32 Å². The quantitative estimate of drug-likeness (QED) is 0.662. The lowest BCUT2D eigenvalue weighted by Crippen LogP contribution is -2.23. The summed E-state index contributed by atoms with van der Waals surface area (Å²) in [4.78, 5) is 16.3. The average molecular weight is 402 g/mol. The van der Waals surface area contributed by atoms with Gasteiger partial charge in [0.1, 0.15) is 0 Å². The number of hydrogen-bond donors (Lipinski definition) is 2. The van der Waals surface area contributed by atoms with Gasteiger partial charge in [0.15, 0.2) is 5.13 Å². The predicted octanol–water partition coefficient (Wildman–Crippen LogP) is 3.49. The number of aryl methyl sites for hydroxylation is 1. The molecular weight excluding hydrogens is 382 g/mol. The summed E-state index contributed by atoms with van der Waals surface area (Å²) in [6.07, 6.45) is 1.52. The molecule has 8 heteroatoms. The van der Waals surface area contributed by atoms with E-state index >= 15 is 0 Å². The number of thiazole rings is 1. The van der Waals surface area contributed by atoms with Crippen LogP contribution < -0.4 is 10.0 Å². The van der Waals surface area contributed by atoms with Crippen molar-refractivity contribution in [2.24, 2.45) is 0 Å². The fraction of sp³-hybridized carbons (Fsp3) is 0.158. The zero-order valence-corrected chi connectivity index (χ0v) is 16.5. The maximum absolute atomic E-state index is 12.3. The van der Waals surface area contributed by atoms with Crippen LogP contribution in [0.1, 0.15) is 27.0 Å². The normalized spacial score (nSPS) is 11.2. The highest BCUT2D eigenvalue weighted by atomic mass is 32.2. The number of sulfonamides is 1. The SMILES string of the molecule is Cc1cccc(CNC(=O)c2ccc(S(=O)(=O)Nc3nccs3)cc2)c1C. The highest BCUT2D eigenvalue weighted by Crippen LogP contribution is 2.18. The van der Waals surface area contributed by atoms with Crippen LogP contribution >= 0.6 is 11.3 Å². The van der Waals surface area contributed by atoms with E-state index < -0.39 is 10.0 Å². The third kappa shape index (κ3) is 4.53. The Morgan fingerprint density at radius 3 is 2.52 bits per heavy atom. The van der Waals surface area contributed by atoms with Crippen molar-refractivity contribution in [3.8, 4) is 0 Å². The highest BCUT2D eigenvalue weighted by Gasteiger charge is 2.16. The van der Waals surface area contributed by atoms with Gasteiger partial charge in [0.2, 0.25) is 0 Å². The molecule has 0 aliphatic heterocycles. The molecule has 0 fully saturated rings. The summed E-state index contributed by atoms with van der Waals surface area (Å²) in [6, 6.07) is 11.8. The van der Waals surface area contributed by atoms with Gasteiger partial charge in [-0.1, -0.05) is 18.2 Å². The van der Waals surface area contributed by atoms with Gasteiger partial charge in [-0.25, -0.2) is 13.4 Å². The molecule has 0 saturated heterocycles. The molecule has 1 amide bonds. The second-order valence-corrected chi connectivity index (χ2v) is 8.59. The Morgan fingerprint density at radius 1 is 1.11 bits per heavy atom. The Labute approximate surface area is 162 Å². The number of benzene rings is 2. The van der Waals surface area contributed by atoms with E-state index in [9.17, 15) is 13.2 Å². The summed E-state index contributed by atoms with van der Waals surface area (Å²) >= 11 is 1.19. The molecule has 1 heterocycles. The van der Waals surface area contributed by atoms with Crippen LogP contribution in [0.5, 0.6) is 0 Å². The van der Waals surface area contributed by atoms with Gasteiger partial charge in [0.05, 0.1) is 4.90 Å². The van der Waals surface area contributed by atoms with Crippen LogP contribution in [0.3, 0.4) is 0 Å². The summed E-state index contributed by atoms with van der Waals surface area (Å²) in [5, 5.41) is 4.84. The first-order valence-electron chi connectivity index (χ1n) is 8.22. The molecule has 3 aromatic rings. The molecule has 140 valence electrons. The Hall–Kier alpha value is -2.71. The highest BCUT2D eigenvalue weighted by molar-refractivity contribution is 7.93. The fourth-order valence-corrected chi connectivity index (χ4v) is 4.30. The number of anilines is 1. The lowest BCUT2D eigenvalue weighted by atomic mass is 10.0. The monoisotopic (exact) mass is 401 g/mol. The van der Waals surface area contributed by atoms with Crippen LogP contribution in [0.25, 0.3) is 0 Å². The summed E-state index contributed by atoms with van der Waals surface area (Å²) < 4.78 is 27.0. The van der Waals surface area contributed by atoms with Crippen LogP contribution in [-0.4, -0.2) is 19.3 Å². The number of hydrogen-bond acceptors (Lipinski definition) is 5. The van der Waals surface area contributed by atoms with Crippen molar-refractivity contribution in [3.63, 3.8) is 0 Å². The molecule has 0 bridgehead atoms. The maximum atomic E-state index is 12.3. The first-order valence-corrected chi connectivity index (χ1v) is 10.6.